The van der Waals surface area contributed by atoms with Crippen molar-refractivity contribution < 1.29 is 9.13 Å². The minimum atomic E-state index is -0.385. The van der Waals surface area contributed by atoms with Crippen molar-refractivity contribution in [1.29, 1.82) is 0 Å². The molecule has 104 valence electrons. The van der Waals surface area contributed by atoms with Crippen LogP contribution in [0.3, 0.4) is 0 Å². The summed E-state index contributed by atoms with van der Waals surface area (Å²) >= 11 is 4.92. The standard InChI is InChI=1S/C14H19FN2OS/c1-14(2)8-9(6-7-18-14)17-11-5-3-4-10(15)12(11)13(16)19/h3-5,9,17H,6-8H2,1-2H3,(H2,16,19). The summed E-state index contributed by atoms with van der Waals surface area (Å²) in [5.74, 6) is -0.385. The maximum absolute atomic E-state index is 13.8. The summed E-state index contributed by atoms with van der Waals surface area (Å²) in [6.07, 6.45) is 1.75. The van der Waals surface area contributed by atoms with Crippen LogP contribution in [0.2, 0.25) is 0 Å². The third-order valence-electron chi connectivity index (χ3n) is 3.32. The van der Waals surface area contributed by atoms with Crippen LogP contribution in [0.25, 0.3) is 0 Å². The van der Waals surface area contributed by atoms with Crippen molar-refractivity contribution in [1.82, 2.24) is 0 Å². The summed E-state index contributed by atoms with van der Waals surface area (Å²) in [5.41, 5.74) is 6.40. The van der Waals surface area contributed by atoms with E-state index in [9.17, 15) is 4.39 Å². The lowest BCUT2D eigenvalue weighted by Gasteiger charge is -2.36. The summed E-state index contributed by atoms with van der Waals surface area (Å²) in [6, 6.07) is 5.07. The Hall–Kier alpha value is -1.20. The van der Waals surface area contributed by atoms with Gasteiger partial charge in [-0.05, 0) is 38.8 Å². The molecule has 3 N–H and O–H groups in total. The molecule has 0 amide bonds. The lowest BCUT2D eigenvalue weighted by molar-refractivity contribution is -0.0553. The lowest BCUT2D eigenvalue weighted by atomic mass is 9.93. The summed E-state index contributed by atoms with van der Waals surface area (Å²) in [7, 11) is 0. The van der Waals surface area contributed by atoms with Gasteiger partial charge in [-0.1, -0.05) is 18.3 Å². The third-order valence-corrected chi connectivity index (χ3v) is 3.52. The molecule has 1 heterocycles. The van der Waals surface area contributed by atoms with Gasteiger partial charge in [0.05, 0.1) is 11.2 Å². The molecular formula is C14H19FN2OS. The van der Waals surface area contributed by atoms with Crippen LogP contribution in [0.1, 0.15) is 32.3 Å². The van der Waals surface area contributed by atoms with Crippen molar-refractivity contribution in [2.45, 2.75) is 38.3 Å². The largest absolute Gasteiger partial charge is 0.389 e. The van der Waals surface area contributed by atoms with Crippen molar-refractivity contribution in [2.24, 2.45) is 5.73 Å². The molecule has 0 spiro atoms. The van der Waals surface area contributed by atoms with E-state index in [0.29, 0.717) is 17.9 Å². The molecule has 19 heavy (non-hydrogen) atoms. The monoisotopic (exact) mass is 282 g/mol. The Morgan fingerprint density at radius 1 is 1.53 bits per heavy atom. The highest BCUT2D eigenvalue weighted by Gasteiger charge is 2.29. The Bertz CT molecular complexity index is 490. The molecule has 1 aromatic carbocycles. The highest BCUT2D eigenvalue weighted by Crippen LogP contribution is 2.28. The Morgan fingerprint density at radius 3 is 2.89 bits per heavy atom. The predicted octanol–water partition coefficient (Wildman–Crippen LogP) is 2.83. The second-order valence-corrected chi connectivity index (χ2v) is 5.91. The number of benzene rings is 1. The van der Waals surface area contributed by atoms with Crippen LogP contribution in [0.15, 0.2) is 18.2 Å². The Kier molecular flexibility index (Phi) is 4.06. The first-order valence-corrected chi connectivity index (χ1v) is 6.79. The van der Waals surface area contributed by atoms with Crippen LogP contribution in [0.4, 0.5) is 10.1 Å². The zero-order chi connectivity index (χ0) is 14.0. The van der Waals surface area contributed by atoms with E-state index >= 15 is 0 Å². The molecule has 1 aromatic rings. The zero-order valence-electron chi connectivity index (χ0n) is 11.2. The first-order valence-electron chi connectivity index (χ1n) is 6.38. The molecule has 3 nitrogen and oxygen atoms in total. The van der Waals surface area contributed by atoms with Gasteiger partial charge in [-0.2, -0.15) is 0 Å². The SMILES string of the molecule is CC1(C)CC(Nc2cccc(F)c2C(N)=S)CCO1. The summed E-state index contributed by atoms with van der Waals surface area (Å²) in [4.78, 5) is 0.0759. The minimum Gasteiger partial charge on any atom is -0.389 e. The number of thiocarbonyl (C=S) groups is 1. The van der Waals surface area contributed by atoms with E-state index in [1.165, 1.54) is 6.07 Å². The Labute approximate surface area is 118 Å². The van der Waals surface area contributed by atoms with Crippen LogP contribution in [0, 0.1) is 5.82 Å². The summed E-state index contributed by atoms with van der Waals surface area (Å²) in [5, 5.41) is 3.34. The van der Waals surface area contributed by atoms with Crippen molar-refractivity contribution in [3.05, 3.63) is 29.6 Å². The van der Waals surface area contributed by atoms with Gasteiger partial charge in [0.2, 0.25) is 0 Å². The summed E-state index contributed by atoms with van der Waals surface area (Å²) < 4.78 is 19.4. The van der Waals surface area contributed by atoms with Crippen LogP contribution in [0.5, 0.6) is 0 Å². The first kappa shape index (κ1) is 14.2. The molecule has 1 aliphatic heterocycles. The van der Waals surface area contributed by atoms with E-state index in [1.807, 2.05) is 0 Å². The molecule has 5 heteroatoms. The van der Waals surface area contributed by atoms with Gasteiger partial charge < -0.3 is 15.8 Å². The topological polar surface area (TPSA) is 47.3 Å². The maximum atomic E-state index is 13.8. The van der Waals surface area contributed by atoms with E-state index in [-0.39, 0.29) is 22.4 Å². The van der Waals surface area contributed by atoms with Crippen LogP contribution < -0.4 is 11.1 Å². The molecule has 0 aromatic heterocycles. The third kappa shape index (κ3) is 3.42. The number of halogens is 1. The lowest BCUT2D eigenvalue weighted by Crippen LogP contribution is -2.40. The fraction of sp³-hybridized carbons (Fsp3) is 0.500. The maximum Gasteiger partial charge on any atom is 0.135 e. The number of ether oxygens (including phenoxy) is 1. The van der Waals surface area contributed by atoms with Crippen LogP contribution in [-0.2, 0) is 4.74 Å². The number of hydrogen-bond acceptors (Lipinski definition) is 3. The number of rotatable bonds is 3. The van der Waals surface area contributed by atoms with E-state index in [0.717, 1.165) is 12.8 Å². The van der Waals surface area contributed by atoms with Gasteiger partial charge in [0.25, 0.3) is 0 Å². The van der Waals surface area contributed by atoms with Gasteiger partial charge in [0, 0.05) is 18.3 Å². The van der Waals surface area contributed by atoms with Crippen molar-refractivity contribution >= 4 is 22.9 Å². The second-order valence-electron chi connectivity index (χ2n) is 5.47. The first-order chi connectivity index (χ1) is 8.89. The molecule has 1 fully saturated rings. The highest BCUT2D eigenvalue weighted by atomic mass is 32.1. The van der Waals surface area contributed by atoms with E-state index < -0.39 is 0 Å². The molecule has 1 unspecified atom stereocenters. The molecular weight excluding hydrogens is 263 g/mol. The zero-order valence-corrected chi connectivity index (χ0v) is 12.0. The van der Waals surface area contributed by atoms with Crippen molar-refractivity contribution in [2.75, 3.05) is 11.9 Å². The van der Waals surface area contributed by atoms with Gasteiger partial charge >= 0.3 is 0 Å². The van der Waals surface area contributed by atoms with Crippen molar-refractivity contribution in [3.8, 4) is 0 Å². The molecule has 0 aliphatic carbocycles. The minimum absolute atomic E-state index is 0.0759. The fourth-order valence-electron chi connectivity index (χ4n) is 2.47. The van der Waals surface area contributed by atoms with Crippen LogP contribution >= 0.6 is 12.2 Å². The molecule has 1 atom stereocenters. The van der Waals surface area contributed by atoms with Gasteiger partial charge in [-0.15, -0.1) is 0 Å². The van der Waals surface area contributed by atoms with Gasteiger partial charge in [-0.3, -0.25) is 0 Å². The quantitative estimate of drug-likeness (QED) is 0.837. The number of hydrogen-bond donors (Lipinski definition) is 2. The molecule has 1 aliphatic rings. The van der Waals surface area contributed by atoms with Crippen LogP contribution in [-0.4, -0.2) is 23.2 Å². The fourth-order valence-corrected chi connectivity index (χ4v) is 2.68. The number of anilines is 1. The molecule has 0 saturated carbocycles. The smallest absolute Gasteiger partial charge is 0.135 e. The predicted molar refractivity (Wildman–Crippen MR) is 79.0 cm³/mol. The number of nitrogens with two attached hydrogens (primary N) is 1. The average Bonchev–Trinajstić information content (AvgIpc) is 2.26. The Balaban J connectivity index is 2.19. The average molecular weight is 282 g/mol. The van der Waals surface area contributed by atoms with E-state index in [2.05, 4.69) is 19.2 Å². The van der Waals surface area contributed by atoms with Crippen molar-refractivity contribution in [3.63, 3.8) is 0 Å². The normalized spacial score (nSPS) is 21.9. The molecule has 0 radical (unpaired) electrons. The number of nitrogens with one attached hydrogen (secondary N) is 1. The van der Waals surface area contributed by atoms with E-state index in [4.69, 9.17) is 22.7 Å². The van der Waals surface area contributed by atoms with Gasteiger partial charge in [0.15, 0.2) is 0 Å². The van der Waals surface area contributed by atoms with E-state index in [1.54, 1.807) is 12.1 Å². The molecule has 2 rings (SSSR count). The molecule has 0 bridgehead atoms. The molecule has 1 saturated heterocycles. The Morgan fingerprint density at radius 2 is 2.26 bits per heavy atom. The van der Waals surface area contributed by atoms with Gasteiger partial charge in [-0.25, -0.2) is 4.39 Å². The summed E-state index contributed by atoms with van der Waals surface area (Å²) in [6.45, 7) is 4.81. The highest BCUT2D eigenvalue weighted by molar-refractivity contribution is 7.80. The van der Waals surface area contributed by atoms with Gasteiger partial charge in [0.1, 0.15) is 10.8 Å². The second kappa shape index (κ2) is 5.43.